The molecule has 0 saturated heterocycles. The molecular formula is C10H8BrFO3. The van der Waals surface area contributed by atoms with Gasteiger partial charge in [-0.05, 0) is 34.0 Å². The number of carbonyl (C=O) groups excluding carboxylic acids is 1. The Hall–Kier alpha value is -1.10. The van der Waals surface area contributed by atoms with E-state index in [1.165, 1.54) is 0 Å². The molecule has 15 heavy (non-hydrogen) atoms. The van der Waals surface area contributed by atoms with Gasteiger partial charge in [0.05, 0.1) is 4.47 Å². The van der Waals surface area contributed by atoms with Gasteiger partial charge in [0, 0.05) is 6.42 Å². The maximum atomic E-state index is 13.7. The van der Waals surface area contributed by atoms with Crippen molar-refractivity contribution in [2.45, 2.75) is 12.8 Å². The highest BCUT2D eigenvalue weighted by molar-refractivity contribution is 9.10. The van der Waals surface area contributed by atoms with E-state index in [4.69, 9.17) is 9.47 Å². The van der Waals surface area contributed by atoms with Crippen molar-refractivity contribution in [3.8, 4) is 11.5 Å². The molecule has 0 amide bonds. The van der Waals surface area contributed by atoms with E-state index in [-0.39, 0.29) is 17.1 Å². The lowest BCUT2D eigenvalue weighted by molar-refractivity contribution is -0.107. The van der Waals surface area contributed by atoms with Crippen molar-refractivity contribution in [3.63, 3.8) is 0 Å². The number of hydrogen-bond donors (Lipinski definition) is 0. The zero-order valence-corrected chi connectivity index (χ0v) is 9.34. The Morgan fingerprint density at radius 2 is 2.33 bits per heavy atom. The van der Waals surface area contributed by atoms with Crippen LogP contribution in [-0.4, -0.2) is 13.1 Å². The topological polar surface area (TPSA) is 35.5 Å². The Labute approximate surface area is 94.3 Å². The first-order chi connectivity index (χ1) is 7.24. The molecule has 0 atom stereocenters. The summed E-state index contributed by atoms with van der Waals surface area (Å²) < 4.78 is 24.2. The predicted molar refractivity (Wildman–Crippen MR) is 54.6 cm³/mol. The van der Waals surface area contributed by atoms with E-state index in [1.807, 2.05) is 0 Å². The molecule has 0 radical (unpaired) electrons. The average molecular weight is 275 g/mol. The van der Waals surface area contributed by atoms with Crippen LogP contribution in [0.25, 0.3) is 0 Å². The number of hydrogen-bond acceptors (Lipinski definition) is 3. The summed E-state index contributed by atoms with van der Waals surface area (Å²) in [6.45, 7) is 0.102. The average Bonchev–Trinajstić information content (AvgIpc) is 2.69. The van der Waals surface area contributed by atoms with E-state index < -0.39 is 0 Å². The van der Waals surface area contributed by atoms with Crippen LogP contribution in [0.5, 0.6) is 11.5 Å². The van der Waals surface area contributed by atoms with Crippen LogP contribution < -0.4 is 9.47 Å². The molecule has 0 fully saturated rings. The summed E-state index contributed by atoms with van der Waals surface area (Å²) >= 11 is 3.11. The molecule has 0 spiro atoms. The number of fused-ring (bicyclic) bond motifs is 1. The number of aryl methyl sites for hydroxylation is 1. The van der Waals surface area contributed by atoms with Crippen molar-refractivity contribution in [1.29, 1.82) is 0 Å². The molecule has 0 aliphatic carbocycles. The van der Waals surface area contributed by atoms with Crippen LogP contribution in [0.15, 0.2) is 10.5 Å². The van der Waals surface area contributed by atoms with Crippen LogP contribution in [0.4, 0.5) is 4.39 Å². The molecule has 0 unspecified atom stereocenters. The Kier molecular flexibility index (Phi) is 2.90. The minimum absolute atomic E-state index is 0.102. The molecule has 2 rings (SSSR count). The zero-order valence-electron chi connectivity index (χ0n) is 7.76. The summed E-state index contributed by atoms with van der Waals surface area (Å²) in [5.74, 6) is 0.521. The molecule has 3 nitrogen and oxygen atoms in total. The number of carbonyl (C=O) groups is 1. The second kappa shape index (κ2) is 4.18. The maximum Gasteiger partial charge on any atom is 0.231 e. The number of aldehydes is 1. The van der Waals surface area contributed by atoms with Crippen molar-refractivity contribution in [1.82, 2.24) is 0 Å². The largest absolute Gasteiger partial charge is 0.454 e. The van der Waals surface area contributed by atoms with Gasteiger partial charge < -0.3 is 14.3 Å². The van der Waals surface area contributed by atoms with Crippen molar-refractivity contribution in [2.24, 2.45) is 0 Å². The fourth-order valence-corrected chi connectivity index (χ4v) is 1.99. The number of rotatable bonds is 3. The van der Waals surface area contributed by atoms with Crippen LogP contribution in [-0.2, 0) is 11.2 Å². The first kappa shape index (κ1) is 10.4. The van der Waals surface area contributed by atoms with Crippen molar-refractivity contribution in [3.05, 3.63) is 21.9 Å². The molecule has 0 saturated carbocycles. The van der Waals surface area contributed by atoms with Crippen molar-refractivity contribution < 1.29 is 18.7 Å². The Morgan fingerprint density at radius 1 is 1.53 bits per heavy atom. The minimum atomic E-state index is -0.388. The third kappa shape index (κ3) is 1.84. The first-order valence-corrected chi connectivity index (χ1v) is 5.23. The molecule has 1 aliphatic rings. The second-order valence-corrected chi connectivity index (χ2v) is 3.90. The number of ether oxygens (including phenoxy) is 2. The molecular weight excluding hydrogens is 267 g/mol. The maximum absolute atomic E-state index is 13.7. The lowest BCUT2D eigenvalue weighted by Crippen LogP contribution is -1.94. The molecule has 0 bridgehead atoms. The van der Waals surface area contributed by atoms with Crippen LogP contribution in [0.2, 0.25) is 0 Å². The van der Waals surface area contributed by atoms with Gasteiger partial charge in [-0.3, -0.25) is 0 Å². The van der Waals surface area contributed by atoms with Gasteiger partial charge in [-0.15, -0.1) is 0 Å². The summed E-state index contributed by atoms with van der Waals surface area (Å²) in [7, 11) is 0. The van der Waals surface area contributed by atoms with E-state index in [0.29, 0.717) is 29.9 Å². The zero-order chi connectivity index (χ0) is 10.8. The van der Waals surface area contributed by atoms with E-state index in [2.05, 4.69) is 15.9 Å². The summed E-state index contributed by atoms with van der Waals surface area (Å²) in [5, 5.41) is 0. The summed E-state index contributed by atoms with van der Waals surface area (Å²) in [6.07, 6.45) is 1.42. The Morgan fingerprint density at radius 3 is 3.07 bits per heavy atom. The molecule has 1 aliphatic heterocycles. The van der Waals surface area contributed by atoms with E-state index >= 15 is 0 Å². The number of benzene rings is 1. The van der Waals surface area contributed by atoms with Gasteiger partial charge in [0.25, 0.3) is 0 Å². The molecule has 0 N–H and O–H groups in total. The highest BCUT2D eigenvalue weighted by Crippen LogP contribution is 2.42. The summed E-state index contributed by atoms with van der Waals surface area (Å²) in [5.41, 5.74) is 0.457. The summed E-state index contributed by atoms with van der Waals surface area (Å²) in [6, 6.07) is 1.58. The normalized spacial score (nSPS) is 12.9. The van der Waals surface area contributed by atoms with Gasteiger partial charge in [-0.1, -0.05) is 0 Å². The third-order valence-electron chi connectivity index (χ3n) is 2.15. The van der Waals surface area contributed by atoms with Gasteiger partial charge >= 0.3 is 0 Å². The molecule has 80 valence electrons. The summed E-state index contributed by atoms with van der Waals surface area (Å²) in [4.78, 5) is 10.2. The van der Waals surface area contributed by atoms with Crippen LogP contribution in [0.3, 0.4) is 0 Å². The van der Waals surface area contributed by atoms with Crippen LogP contribution in [0, 0.1) is 5.82 Å². The lowest BCUT2D eigenvalue weighted by Gasteiger charge is -2.06. The molecule has 1 aromatic rings. The molecule has 1 heterocycles. The highest BCUT2D eigenvalue weighted by atomic mass is 79.9. The van der Waals surface area contributed by atoms with Crippen molar-refractivity contribution >= 4 is 22.2 Å². The quantitative estimate of drug-likeness (QED) is 0.795. The van der Waals surface area contributed by atoms with Gasteiger partial charge in [-0.25, -0.2) is 4.39 Å². The molecule has 0 aromatic heterocycles. The van der Waals surface area contributed by atoms with Crippen LogP contribution >= 0.6 is 15.9 Å². The lowest BCUT2D eigenvalue weighted by atomic mass is 10.1. The standard InChI is InChI=1S/C10H8BrFO3/c11-8-9(12)6(2-1-3-13)4-7-10(8)15-5-14-7/h3-4H,1-2,5H2. The fourth-order valence-electron chi connectivity index (χ4n) is 1.43. The molecule has 1 aromatic carbocycles. The number of halogens is 2. The SMILES string of the molecule is O=CCCc1cc2c(c(Br)c1F)OCO2. The van der Waals surface area contributed by atoms with E-state index in [1.54, 1.807) is 6.07 Å². The predicted octanol–water partition coefficient (Wildman–Crippen LogP) is 2.45. The van der Waals surface area contributed by atoms with E-state index in [9.17, 15) is 9.18 Å². The minimum Gasteiger partial charge on any atom is -0.454 e. The fraction of sp³-hybridized carbons (Fsp3) is 0.300. The van der Waals surface area contributed by atoms with Gasteiger partial charge in [0.15, 0.2) is 11.5 Å². The first-order valence-electron chi connectivity index (χ1n) is 4.44. The molecule has 5 heteroatoms. The van der Waals surface area contributed by atoms with E-state index in [0.717, 1.165) is 6.29 Å². The third-order valence-corrected chi connectivity index (χ3v) is 2.86. The second-order valence-electron chi connectivity index (χ2n) is 3.10. The van der Waals surface area contributed by atoms with Gasteiger partial charge in [-0.2, -0.15) is 0 Å². The Balaban J connectivity index is 2.39. The Bertz CT molecular complexity index is 406. The smallest absolute Gasteiger partial charge is 0.231 e. The van der Waals surface area contributed by atoms with Crippen LogP contribution in [0.1, 0.15) is 12.0 Å². The van der Waals surface area contributed by atoms with Gasteiger partial charge in [0.2, 0.25) is 6.79 Å². The van der Waals surface area contributed by atoms with Gasteiger partial charge in [0.1, 0.15) is 12.1 Å². The van der Waals surface area contributed by atoms with Crippen molar-refractivity contribution in [2.75, 3.05) is 6.79 Å². The monoisotopic (exact) mass is 274 g/mol. The highest BCUT2D eigenvalue weighted by Gasteiger charge is 2.22.